The standard InChI is InChI=1S/C13H18N2O3S/c1-8-6-19-10(11(16)18-3)9(8)15-12(17)13(2)4-5-14-7-13/h6,14H,4-5,7H2,1-3H3,(H,15,17). The van der Waals surface area contributed by atoms with Gasteiger partial charge in [0.15, 0.2) is 0 Å². The van der Waals surface area contributed by atoms with Gasteiger partial charge in [-0.2, -0.15) is 0 Å². The molecule has 0 aliphatic carbocycles. The molecule has 0 saturated carbocycles. The van der Waals surface area contributed by atoms with E-state index in [9.17, 15) is 9.59 Å². The minimum Gasteiger partial charge on any atom is -0.465 e. The molecule has 0 radical (unpaired) electrons. The van der Waals surface area contributed by atoms with Crippen LogP contribution in [-0.4, -0.2) is 32.1 Å². The second-order valence-corrected chi connectivity index (χ2v) is 5.94. The minimum atomic E-state index is -0.415. The molecule has 1 aliphatic rings. The van der Waals surface area contributed by atoms with Crippen LogP contribution in [-0.2, 0) is 9.53 Å². The first kappa shape index (κ1) is 14.0. The van der Waals surface area contributed by atoms with Gasteiger partial charge in [0.25, 0.3) is 0 Å². The Bertz CT molecular complexity index is 504. The molecule has 5 nitrogen and oxygen atoms in total. The number of thiophene rings is 1. The maximum absolute atomic E-state index is 12.4. The fraction of sp³-hybridized carbons (Fsp3) is 0.538. The molecule has 2 heterocycles. The van der Waals surface area contributed by atoms with Gasteiger partial charge in [0.05, 0.1) is 18.2 Å². The third-order valence-electron chi connectivity index (χ3n) is 3.50. The summed E-state index contributed by atoms with van der Waals surface area (Å²) in [6.07, 6.45) is 0.801. The Hall–Kier alpha value is -1.40. The lowest BCUT2D eigenvalue weighted by atomic mass is 9.88. The Labute approximate surface area is 116 Å². The molecule has 1 saturated heterocycles. The molecule has 6 heteroatoms. The quantitative estimate of drug-likeness (QED) is 0.829. The zero-order chi connectivity index (χ0) is 14.0. The molecule has 1 fully saturated rings. The number of hydrogen-bond acceptors (Lipinski definition) is 5. The predicted octanol–water partition coefficient (Wildman–Crippen LogP) is 1.78. The van der Waals surface area contributed by atoms with Gasteiger partial charge >= 0.3 is 5.97 Å². The highest BCUT2D eigenvalue weighted by atomic mass is 32.1. The summed E-state index contributed by atoms with van der Waals surface area (Å²) in [4.78, 5) is 24.5. The van der Waals surface area contributed by atoms with Crippen molar-refractivity contribution in [2.24, 2.45) is 5.41 Å². The lowest BCUT2D eigenvalue weighted by Gasteiger charge is -2.21. The van der Waals surface area contributed by atoms with Gasteiger partial charge in [-0.3, -0.25) is 4.79 Å². The van der Waals surface area contributed by atoms with Crippen LogP contribution in [0, 0.1) is 12.3 Å². The lowest BCUT2D eigenvalue weighted by molar-refractivity contribution is -0.123. The molecule has 1 amide bonds. The summed E-state index contributed by atoms with van der Waals surface area (Å²) in [5.41, 5.74) is 1.05. The molecule has 0 bridgehead atoms. The van der Waals surface area contributed by atoms with Gasteiger partial charge in [-0.05, 0) is 37.8 Å². The zero-order valence-electron chi connectivity index (χ0n) is 11.3. The summed E-state index contributed by atoms with van der Waals surface area (Å²) < 4.78 is 4.73. The van der Waals surface area contributed by atoms with Crippen molar-refractivity contribution in [2.75, 3.05) is 25.5 Å². The first-order valence-electron chi connectivity index (χ1n) is 6.16. The number of carbonyl (C=O) groups is 2. The Morgan fingerprint density at radius 1 is 1.53 bits per heavy atom. The largest absolute Gasteiger partial charge is 0.465 e. The smallest absolute Gasteiger partial charge is 0.350 e. The van der Waals surface area contributed by atoms with Crippen molar-refractivity contribution < 1.29 is 14.3 Å². The average Bonchev–Trinajstić information content (AvgIpc) is 2.98. The van der Waals surface area contributed by atoms with Crippen LogP contribution in [0.3, 0.4) is 0 Å². The van der Waals surface area contributed by atoms with Crippen LogP contribution in [0.2, 0.25) is 0 Å². The van der Waals surface area contributed by atoms with Crippen LogP contribution in [0.25, 0.3) is 0 Å². The summed E-state index contributed by atoms with van der Waals surface area (Å²) in [7, 11) is 1.34. The number of anilines is 1. The molecule has 1 aromatic rings. The fourth-order valence-corrected chi connectivity index (χ4v) is 3.04. The lowest BCUT2D eigenvalue weighted by Crippen LogP contribution is -2.35. The van der Waals surface area contributed by atoms with Crippen molar-refractivity contribution in [1.29, 1.82) is 0 Å². The first-order chi connectivity index (χ1) is 8.98. The number of nitrogens with one attached hydrogen (secondary N) is 2. The molecule has 2 rings (SSSR count). The topological polar surface area (TPSA) is 67.4 Å². The Kier molecular flexibility index (Phi) is 3.91. The molecule has 1 atom stereocenters. The normalized spacial score (nSPS) is 22.3. The monoisotopic (exact) mass is 282 g/mol. The number of carbonyl (C=O) groups excluding carboxylic acids is 2. The molecule has 2 N–H and O–H groups in total. The van der Waals surface area contributed by atoms with E-state index in [4.69, 9.17) is 4.74 Å². The third kappa shape index (κ3) is 2.64. The highest BCUT2D eigenvalue weighted by Crippen LogP contribution is 2.32. The average molecular weight is 282 g/mol. The van der Waals surface area contributed by atoms with Gasteiger partial charge in [0.1, 0.15) is 4.88 Å². The van der Waals surface area contributed by atoms with E-state index in [1.165, 1.54) is 18.4 Å². The molecule has 19 heavy (non-hydrogen) atoms. The molecule has 1 aliphatic heterocycles. The van der Waals surface area contributed by atoms with Crippen LogP contribution >= 0.6 is 11.3 Å². The maximum atomic E-state index is 12.4. The van der Waals surface area contributed by atoms with Crippen molar-refractivity contribution in [1.82, 2.24) is 5.32 Å². The van der Waals surface area contributed by atoms with Crippen LogP contribution in [0.15, 0.2) is 5.38 Å². The number of aryl methyl sites for hydroxylation is 1. The number of amides is 1. The van der Waals surface area contributed by atoms with Crippen molar-refractivity contribution in [2.45, 2.75) is 20.3 Å². The van der Waals surface area contributed by atoms with E-state index in [1.807, 2.05) is 19.2 Å². The SMILES string of the molecule is COC(=O)c1scc(C)c1NC(=O)C1(C)CCNC1. The summed E-state index contributed by atoms with van der Waals surface area (Å²) in [6, 6.07) is 0. The zero-order valence-corrected chi connectivity index (χ0v) is 12.1. The summed E-state index contributed by atoms with van der Waals surface area (Å²) >= 11 is 1.29. The van der Waals surface area contributed by atoms with Crippen molar-refractivity contribution in [3.63, 3.8) is 0 Å². The van der Waals surface area contributed by atoms with Gasteiger partial charge < -0.3 is 15.4 Å². The predicted molar refractivity (Wildman–Crippen MR) is 74.6 cm³/mol. The van der Waals surface area contributed by atoms with Crippen molar-refractivity contribution >= 4 is 28.9 Å². The van der Waals surface area contributed by atoms with Gasteiger partial charge in [-0.15, -0.1) is 11.3 Å². The molecular weight excluding hydrogens is 264 g/mol. The Morgan fingerprint density at radius 3 is 2.84 bits per heavy atom. The van der Waals surface area contributed by atoms with Gasteiger partial charge in [0, 0.05) is 6.54 Å². The molecule has 1 aromatic heterocycles. The summed E-state index contributed by atoms with van der Waals surface area (Å²) in [5, 5.41) is 7.92. The molecule has 0 aromatic carbocycles. The highest BCUT2D eigenvalue weighted by molar-refractivity contribution is 7.12. The third-order valence-corrected chi connectivity index (χ3v) is 4.58. The first-order valence-corrected chi connectivity index (χ1v) is 7.04. The van der Waals surface area contributed by atoms with Crippen molar-refractivity contribution in [3.05, 3.63) is 15.8 Å². The molecule has 1 unspecified atom stereocenters. The van der Waals surface area contributed by atoms with E-state index in [2.05, 4.69) is 10.6 Å². The number of ether oxygens (including phenoxy) is 1. The molecule has 104 valence electrons. The Balaban J connectivity index is 2.21. The molecule has 0 spiro atoms. The fourth-order valence-electron chi connectivity index (χ4n) is 2.12. The van der Waals surface area contributed by atoms with E-state index >= 15 is 0 Å². The number of rotatable bonds is 3. The van der Waals surface area contributed by atoms with E-state index in [0.29, 0.717) is 17.1 Å². The second-order valence-electron chi connectivity index (χ2n) is 5.06. The minimum absolute atomic E-state index is 0.0517. The summed E-state index contributed by atoms with van der Waals surface area (Å²) in [5.74, 6) is -0.466. The summed E-state index contributed by atoms with van der Waals surface area (Å²) in [6.45, 7) is 5.31. The maximum Gasteiger partial charge on any atom is 0.350 e. The van der Waals surface area contributed by atoms with Gasteiger partial charge in [0.2, 0.25) is 5.91 Å². The number of methoxy groups -OCH3 is 1. The van der Waals surface area contributed by atoms with E-state index in [0.717, 1.165) is 18.5 Å². The van der Waals surface area contributed by atoms with E-state index in [-0.39, 0.29) is 5.91 Å². The van der Waals surface area contributed by atoms with Crippen LogP contribution < -0.4 is 10.6 Å². The molecular formula is C13H18N2O3S. The highest BCUT2D eigenvalue weighted by Gasteiger charge is 2.37. The van der Waals surface area contributed by atoms with Crippen LogP contribution in [0.5, 0.6) is 0 Å². The van der Waals surface area contributed by atoms with E-state index < -0.39 is 11.4 Å². The number of hydrogen-bond donors (Lipinski definition) is 2. The van der Waals surface area contributed by atoms with Gasteiger partial charge in [-0.1, -0.05) is 0 Å². The van der Waals surface area contributed by atoms with Crippen LogP contribution in [0.1, 0.15) is 28.6 Å². The van der Waals surface area contributed by atoms with Crippen molar-refractivity contribution in [3.8, 4) is 0 Å². The number of esters is 1. The van der Waals surface area contributed by atoms with E-state index in [1.54, 1.807) is 0 Å². The second kappa shape index (κ2) is 5.30. The van der Waals surface area contributed by atoms with Crippen LogP contribution in [0.4, 0.5) is 5.69 Å². The Morgan fingerprint density at radius 2 is 2.26 bits per heavy atom. The van der Waals surface area contributed by atoms with Gasteiger partial charge in [-0.25, -0.2) is 4.79 Å².